The van der Waals surface area contributed by atoms with Crippen LogP contribution in [0.15, 0.2) is 0 Å². The number of aliphatic carboxylic acids is 2. The minimum atomic E-state index is -5.40. The Morgan fingerprint density at radius 3 is 1.69 bits per heavy atom. The van der Waals surface area contributed by atoms with E-state index < -0.39 is 39.1 Å². The summed E-state index contributed by atoms with van der Waals surface area (Å²) in [5, 5.41) is 19.7. The van der Waals surface area contributed by atoms with E-state index in [1.165, 1.54) is 0 Å². The molecule has 0 radical (unpaired) electrons. The molecule has 0 aromatic heterocycles. The predicted molar refractivity (Wildman–Crippen MR) is 107 cm³/mol. The Hall–Kier alpha value is -0.150. The number of rotatable bonds is 16. The van der Waals surface area contributed by atoms with Crippen molar-refractivity contribution in [2.24, 2.45) is 17.8 Å². The third kappa shape index (κ3) is 8.85. The largest absolute Gasteiger partial charge is 1.00 e. The van der Waals surface area contributed by atoms with Crippen molar-refractivity contribution in [1.29, 1.82) is 0 Å². The summed E-state index contributed by atoms with van der Waals surface area (Å²) < 4.78 is 33.9. The Bertz CT molecular complexity index is 594. The molecular formula is C20H37NaO7S. The summed E-state index contributed by atoms with van der Waals surface area (Å²) in [5.41, 5.74) is 0. The van der Waals surface area contributed by atoms with Crippen LogP contribution >= 0.6 is 0 Å². The zero-order valence-electron chi connectivity index (χ0n) is 18.6. The van der Waals surface area contributed by atoms with Crippen molar-refractivity contribution in [3.63, 3.8) is 0 Å². The van der Waals surface area contributed by atoms with E-state index in [9.17, 15) is 32.8 Å². The molecule has 7 nitrogen and oxygen atoms in total. The Kier molecular flexibility index (Phi) is 15.8. The van der Waals surface area contributed by atoms with Crippen LogP contribution in [0.5, 0.6) is 0 Å². The molecule has 29 heavy (non-hydrogen) atoms. The first kappa shape index (κ1) is 31.0. The number of carboxylic acid groups (broad SMARTS) is 2. The summed E-state index contributed by atoms with van der Waals surface area (Å²) in [5.74, 6) is -5.60. The van der Waals surface area contributed by atoms with Gasteiger partial charge in [-0.2, -0.15) is 0 Å². The molecule has 0 aliphatic carbocycles. The van der Waals surface area contributed by atoms with Crippen molar-refractivity contribution in [2.75, 3.05) is 0 Å². The molecule has 4 atom stereocenters. The van der Waals surface area contributed by atoms with Crippen LogP contribution in [-0.4, -0.2) is 39.9 Å². The van der Waals surface area contributed by atoms with Gasteiger partial charge in [0.25, 0.3) is 0 Å². The second-order valence-electron chi connectivity index (χ2n) is 7.81. The fraction of sp³-hybridized carbons (Fsp3) is 0.900. The van der Waals surface area contributed by atoms with E-state index >= 15 is 0 Å². The molecule has 0 aliphatic heterocycles. The standard InChI is InChI=1S/C20H38O7S.Na/c1-5-9-11-15(7-3)13-17(18(21)22)20(19(23)24,28(25,26)27)14-16(8-4)12-10-6-2;/h15-17H,5-14H2,1-4H3,(H,21,22)(H,23,24)(H,25,26,27);/q;+1/p-1. The van der Waals surface area contributed by atoms with Gasteiger partial charge in [0, 0.05) is 0 Å². The van der Waals surface area contributed by atoms with Crippen LogP contribution in [0, 0.1) is 17.8 Å². The molecular weight excluding hydrogens is 407 g/mol. The molecule has 9 heteroatoms. The van der Waals surface area contributed by atoms with Crippen molar-refractivity contribution < 1.29 is 62.3 Å². The van der Waals surface area contributed by atoms with Crippen LogP contribution in [-0.2, 0) is 19.7 Å². The van der Waals surface area contributed by atoms with Crippen molar-refractivity contribution >= 4 is 22.1 Å². The third-order valence-corrected chi connectivity index (χ3v) is 7.43. The Labute approximate surface area is 198 Å². The van der Waals surface area contributed by atoms with Crippen LogP contribution in [0.1, 0.15) is 91.9 Å². The second-order valence-corrected chi connectivity index (χ2v) is 9.45. The Morgan fingerprint density at radius 2 is 1.38 bits per heavy atom. The van der Waals surface area contributed by atoms with Crippen LogP contribution < -0.4 is 29.6 Å². The maximum atomic E-state index is 12.3. The molecule has 4 unspecified atom stereocenters. The van der Waals surface area contributed by atoms with E-state index in [0.717, 1.165) is 25.7 Å². The normalized spacial score (nSPS) is 16.9. The van der Waals surface area contributed by atoms with E-state index in [1.807, 2.05) is 20.8 Å². The zero-order valence-corrected chi connectivity index (χ0v) is 21.5. The minimum absolute atomic E-state index is 0. The number of carboxylic acids is 2. The van der Waals surface area contributed by atoms with Gasteiger partial charge in [0.05, 0.1) is 5.92 Å². The van der Waals surface area contributed by atoms with Gasteiger partial charge in [-0.1, -0.05) is 79.1 Å². The molecule has 0 saturated heterocycles. The number of hydrogen-bond donors (Lipinski definition) is 2. The molecule has 0 bridgehead atoms. The first-order chi connectivity index (χ1) is 13.0. The molecule has 2 N–H and O–H groups in total. The summed E-state index contributed by atoms with van der Waals surface area (Å²) in [6, 6.07) is 0. The topological polar surface area (TPSA) is 132 Å². The number of unbranched alkanes of at least 4 members (excludes halogenated alkanes) is 2. The van der Waals surface area contributed by atoms with Gasteiger partial charge in [0.1, 0.15) is 10.1 Å². The summed E-state index contributed by atoms with van der Waals surface area (Å²) >= 11 is 0. The van der Waals surface area contributed by atoms with Crippen LogP contribution in [0.25, 0.3) is 0 Å². The van der Waals surface area contributed by atoms with Gasteiger partial charge >= 0.3 is 41.5 Å². The first-order valence-corrected chi connectivity index (χ1v) is 11.8. The predicted octanol–water partition coefficient (Wildman–Crippen LogP) is 1.27. The number of hydrogen-bond acceptors (Lipinski definition) is 5. The summed E-state index contributed by atoms with van der Waals surface area (Å²) in [6.45, 7) is 7.62. The van der Waals surface area contributed by atoms with Gasteiger partial charge in [-0.05, 0) is 24.7 Å². The fourth-order valence-corrected chi connectivity index (χ4v) is 5.14. The van der Waals surface area contributed by atoms with Gasteiger partial charge in [-0.3, -0.25) is 9.59 Å². The summed E-state index contributed by atoms with van der Waals surface area (Å²) in [6.07, 6.45) is 5.10. The Morgan fingerprint density at radius 1 is 0.931 bits per heavy atom. The number of carbonyl (C=O) groups is 2. The molecule has 0 aromatic rings. The minimum Gasteiger partial charge on any atom is -0.747 e. The molecule has 0 aliphatic rings. The van der Waals surface area contributed by atoms with Crippen molar-refractivity contribution in [3.8, 4) is 0 Å². The molecule has 0 saturated carbocycles. The summed E-state index contributed by atoms with van der Waals surface area (Å²) in [7, 11) is -5.40. The average Bonchev–Trinajstić information content (AvgIpc) is 2.61. The SMILES string of the molecule is CCCCC(CC)CC(C(=O)O)C(CC(CC)CCCC)(C(=O)O)S(=O)(=O)[O-].[Na+]. The van der Waals surface area contributed by atoms with Crippen LogP contribution in [0.3, 0.4) is 0 Å². The molecule has 0 aromatic carbocycles. The van der Waals surface area contributed by atoms with Crippen molar-refractivity contribution in [3.05, 3.63) is 0 Å². The van der Waals surface area contributed by atoms with Crippen molar-refractivity contribution in [2.45, 2.75) is 96.7 Å². The molecule has 0 spiro atoms. The average molecular weight is 445 g/mol. The van der Waals surface area contributed by atoms with E-state index in [4.69, 9.17) is 0 Å². The fourth-order valence-electron chi connectivity index (χ4n) is 3.94. The van der Waals surface area contributed by atoms with Gasteiger partial charge in [0.2, 0.25) is 0 Å². The smallest absolute Gasteiger partial charge is 0.747 e. The van der Waals surface area contributed by atoms with E-state index in [1.54, 1.807) is 6.92 Å². The molecule has 0 amide bonds. The zero-order chi connectivity index (χ0) is 22.0. The maximum absolute atomic E-state index is 12.3. The van der Waals surface area contributed by atoms with Crippen LogP contribution in [0.4, 0.5) is 0 Å². The maximum Gasteiger partial charge on any atom is 1.00 e. The quantitative estimate of drug-likeness (QED) is 0.271. The monoisotopic (exact) mass is 444 g/mol. The van der Waals surface area contributed by atoms with Gasteiger partial charge in [-0.15, -0.1) is 0 Å². The van der Waals surface area contributed by atoms with E-state index in [2.05, 4.69) is 0 Å². The van der Waals surface area contributed by atoms with Gasteiger partial charge < -0.3 is 14.8 Å². The van der Waals surface area contributed by atoms with E-state index in [-0.39, 0.29) is 47.8 Å². The van der Waals surface area contributed by atoms with Gasteiger partial charge in [0.15, 0.2) is 4.75 Å². The van der Waals surface area contributed by atoms with Crippen LogP contribution in [0.2, 0.25) is 0 Å². The van der Waals surface area contributed by atoms with Gasteiger partial charge in [-0.25, -0.2) is 8.42 Å². The van der Waals surface area contributed by atoms with Crippen molar-refractivity contribution in [1.82, 2.24) is 0 Å². The van der Waals surface area contributed by atoms with E-state index in [0.29, 0.717) is 25.7 Å². The Balaban J connectivity index is 0. The molecule has 166 valence electrons. The molecule has 0 heterocycles. The third-order valence-electron chi connectivity index (χ3n) is 5.92. The summed E-state index contributed by atoms with van der Waals surface area (Å²) in [4.78, 5) is 24.2. The molecule has 0 rings (SSSR count). The molecule has 0 fully saturated rings. The second kappa shape index (κ2) is 14.8. The first-order valence-electron chi connectivity index (χ1n) is 10.4.